The fourth-order valence-electron chi connectivity index (χ4n) is 1.26. The third-order valence-electron chi connectivity index (χ3n) is 1.85. The minimum atomic E-state index is -0.779. The van der Waals surface area contributed by atoms with Crippen LogP contribution >= 0.6 is 0 Å². The first kappa shape index (κ1) is 13.0. The zero-order chi connectivity index (χ0) is 12.7. The fraction of sp³-hybridized carbons (Fsp3) is 0.500. The number of nitrogens with zero attached hydrogens (tertiary/aromatic N) is 2. The van der Waals surface area contributed by atoms with Crippen LogP contribution in [-0.4, -0.2) is 35.8 Å². The van der Waals surface area contributed by atoms with Gasteiger partial charge in [-0.1, -0.05) is 0 Å². The van der Waals surface area contributed by atoms with Gasteiger partial charge >= 0.3 is 6.09 Å². The van der Waals surface area contributed by atoms with E-state index in [9.17, 15) is 4.79 Å². The Morgan fingerprint density at radius 1 is 1.41 bits per heavy atom. The molecule has 0 saturated heterocycles. The Hall–Kier alpha value is -2.05. The highest BCUT2D eigenvalue weighted by atomic mass is 16.5. The van der Waals surface area contributed by atoms with Crippen molar-refractivity contribution in [3.63, 3.8) is 0 Å². The second kappa shape index (κ2) is 6.51. The van der Waals surface area contributed by atoms with E-state index in [1.54, 1.807) is 6.07 Å². The molecule has 0 saturated carbocycles. The van der Waals surface area contributed by atoms with Gasteiger partial charge in [-0.3, -0.25) is 0 Å². The number of primary amides is 1. The summed E-state index contributed by atoms with van der Waals surface area (Å²) in [6.07, 6.45) is -0.779. The van der Waals surface area contributed by atoms with Gasteiger partial charge in [-0.05, 0) is 13.8 Å². The molecule has 94 valence electrons. The molecule has 0 radical (unpaired) electrons. The molecular weight excluding hydrogens is 222 g/mol. The maximum atomic E-state index is 10.3. The van der Waals surface area contributed by atoms with E-state index >= 15 is 0 Å². The van der Waals surface area contributed by atoms with Crippen molar-refractivity contribution in [3.05, 3.63) is 11.9 Å². The van der Waals surface area contributed by atoms with Crippen LogP contribution < -0.4 is 16.4 Å². The summed E-state index contributed by atoms with van der Waals surface area (Å²) in [5.74, 6) is 2.11. The van der Waals surface area contributed by atoms with Crippen molar-refractivity contribution >= 4 is 17.7 Å². The number of hydrogen-bond acceptors (Lipinski definition) is 6. The number of hydrogen-bond donors (Lipinski definition) is 3. The number of carbonyl (C=O) groups excluding carboxylic acids is 1. The highest BCUT2D eigenvalue weighted by molar-refractivity contribution is 5.64. The molecule has 0 spiro atoms. The Bertz CT molecular complexity index is 383. The van der Waals surface area contributed by atoms with Gasteiger partial charge in [0.05, 0.1) is 6.54 Å². The molecular formula is C10H17N5O2. The average molecular weight is 239 g/mol. The predicted octanol–water partition coefficient (Wildman–Crippen LogP) is 0.724. The summed E-state index contributed by atoms with van der Waals surface area (Å²) in [5.41, 5.74) is 4.84. The number of nitrogens with two attached hydrogens (primary N) is 1. The molecule has 0 aliphatic carbocycles. The SMILES string of the molecule is CCNc1cc(NCCOC(N)=O)nc(C)n1. The van der Waals surface area contributed by atoms with Crippen LogP contribution in [0.15, 0.2) is 6.07 Å². The van der Waals surface area contributed by atoms with E-state index in [0.717, 1.165) is 12.4 Å². The molecule has 17 heavy (non-hydrogen) atoms. The summed E-state index contributed by atoms with van der Waals surface area (Å²) in [4.78, 5) is 18.8. The average Bonchev–Trinajstić information content (AvgIpc) is 2.24. The largest absolute Gasteiger partial charge is 0.448 e. The van der Waals surface area contributed by atoms with E-state index in [1.165, 1.54) is 0 Å². The summed E-state index contributed by atoms with van der Waals surface area (Å²) >= 11 is 0. The molecule has 7 nitrogen and oxygen atoms in total. The standard InChI is InChI=1S/C10H17N5O2/c1-3-12-8-6-9(15-7(2)14-8)13-4-5-17-10(11)16/h6H,3-5H2,1-2H3,(H2,11,16)(H2,12,13,14,15). The van der Waals surface area contributed by atoms with Crippen molar-refractivity contribution in [3.8, 4) is 0 Å². The molecule has 0 unspecified atom stereocenters. The Morgan fingerprint density at radius 3 is 2.65 bits per heavy atom. The summed E-state index contributed by atoms with van der Waals surface area (Å²) < 4.78 is 4.59. The van der Waals surface area contributed by atoms with Crippen molar-refractivity contribution in [1.82, 2.24) is 9.97 Å². The number of aryl methyl sites for hydroxylation is 1. The molecule has 0 atom stereocenters. The third kappa shape index (κ3) is 5.01. The van der Waals surface area contributed by atoms with Gasteiger partial charge in [0.2, 0.25) is 0 Å². The lowest BCUT2D eigenvalue weighted by atomic mass is 10.4. The van der Waals surface area contributed by atoms with Crippen LogP contribution in [0.25, 0.3) is 0 Å². The Morgan fingerprint density at radius 2 is 2.06 bits per heavy atom. The lowest BCUT2D eigenvalue weighted by Crippen LogP contribution is -2.19. The highest BCUT2D eigenvalue weighted by Crippen LogP contribution is 2.10. The number of rotatable bonds is 6. The number of anilines is 2. The number of carbonyl (C=O) groups is 1. The lowest BCUT2D eigenvalue weighted by molar-refractivity contribution is 0.161. The Labute approximate surface area is 99.8 Å². The van der Waals surface area contributed by atoms with Gasteiger partial charge in [-0.15, -0.1) is 0 Å². The first-order chi connectivity index (χ1) is 8.11. The van der Waals surface area contributed by atoms with Crippen LogP contribution in [0, 0.1) is 6.92 Å². The normalized spacial score (nSPS) is 9.76. The lowest BCUT2D eigenvalue weighted by Gasteiger charge is -2.08. The molecule has 1 rings (SSSR count). The second-order valence-electron chi connectivity index (χ2n) is 3.31. The summed E-state index contributed by atoms with van der Waals surface area (Å²) in [7, 11) is 0. The van der Waals surface area contributed by atoms with Gasteiger partial charge in [0.25, 0.3) is 0 Å². The Kier molecular flexibility index (Phi) is 4.99. The molecule has 0 aliphatic rings. The molecule has 0 fully saturated rings. The van der Waals surface area contributed by atoms with E-state index < -0.39 is 6.09 Å². The monoisotopic (exact) mass is 239 g/mol. The molecule has 1 aromatic heterocycles. The van der Waals surface area contributed by atoms with Gasteiger partial charge in [0, 0.05) is 12.6 Å². The predicted molar refractivity (Wildman–Crippen MR) is 65.0 cm³/mol. The minimum absolute atomic E-state index is 0.203. The number of nitrogens with one attached hydrogen (secondary N) is 2. The van der Waals surface area contributed by atoms with Gasteiger partial charge in [0.15, 0.2) is 0 Å². The zero-order valence-electron chi connectivity index (χ0n) is 9.99. The topological polar surface area (TPSA) is 102 Å². The number of amides is 1. The number of aromatic nitrogens is 2. The molecule has 1 aromatic rings. The van der Waals surface area contributed by atoms with Gasteiger partial charge < -0.3 is 21.1 Å². The molecule has 0 bridgehead atoms. The molecule has 1 amide bonds. The first-order valence-electron chi connectivity index (χ1n) is 5.37. The maximum Gasteiger partial charge on any atom is 0.404 e. The van der Waals surface area contributed by atoms with E-state index in [0.29, 0.717) is 18.2 Å². The summed E-state index contributed by atoms with van der Waals surface area (Å²) in [6.45, 7) is 5.25. The highest BCUT2D eigenvalue weighted by Gasteiger charge is 2.01. The van der Waals surface area contributed by atoms with E-state index in [2.05, 4.69) is 25.3 Å². The van der Waals surface area contributed by atoms with Gasteiger partial charge in [-0.2, -0.15) is 0 Å². The quantitative estimate of drug-likeness (QED) is 0.632. The fourth-order valence-corrected chi connectivity index (χ4v) is 1.26. The Balaban J connectivity index is 2.49. The molecule has 7 heteroatoms. The van der Waals surface area contributed by atoms with E-state index in [-0.39, 0.29) is 6.61 Å². The molecule has 4 N–H and O–H groups in total. The first-order valence-corrected chi connectivity index (χ1v) is 5.37. The van der Waals surface area contributed by atoms with Crippen LogP contribution in [0.3, 0.4) is 0 Å². The maximum absolute atomic E-state index is 10.3. The van der Waals surface area contributed by atoms with Crippen molar-refractivity contribution in [1.29, 1.82) is 0 Å². The van der Waals surface area contributed by atoms with Crippen LogP contribution in [0.5, 0.6) is 0 Å². The second-order valence-corrected chi connectivity index (χ2v) is 3.31. The van der Waals surface area contributed by atoms with E-state index in [1.807, 2.05) is 13.8 Å². The van der Waals surface area contributed by atoms with Gasteiger partial charge in [0.1, 0.15) is 24.1 Å². The van der Waals surface area contributed by atoms with Crippen molar-refractivity contribution < 1.29 is 9.53 Å². The smallest absolute Gasteiger partial charge is 0.404 e. The van der Waals surface area contributed by atoms with Crippen molar-refractivity contribution in [2.24, 2.45) is 5.73 Å². The summed E-state index contributed by atoms with van der Waals surface area (Å²) in [6, 6.07) is 1.79. The zero-order valence-corrected chi connectivity index (χ0v) is 9.99. The molecule has 1 heterocycles. The van der Waals surface area contributed by atoms with Crippen LogP contribution in [-0.2, 0) is 4.74 Å². The minimum Gasteiger partial charge on any atom is -0.448 e. The van der Waals surface area contributed by atoms with E-state index in [4.69, 9.17) is 5.73 Å². The number of ether oxygens (including phenoxy) is 1. The summed E-state index contributed by atoms with van der Waals surface area (Å²) in [5, 5.41) is 6.12. The van der Waals surface area contributed by atoms with Crippen molar-refractivity contribution in [2.75, 3.05) is 30.3 Å². The van der Waals surface area contributed by atoms with Crippen LogP contribution in [0.4, 0.5) is 16.4 Å². The molecule has 0 aromatic carbocycles. The van der Waals surface area contributed by atoms with Crippen molar-refractivity contribution in [2.45, 2.75) is 13.8 Å². The van der Waals surface area contributed by atoms with Crippen LogP contribution in [0.1, 0.15) is 12.7 Å². The third-order valence-corrected chi connectivity index (χ3v) is 1.85. The molecule has 0 aliphatic heterocycles. The van der Waals surface area contributed by atoms with Gasteiger partial charge in [-0.25, -0.2) is 14.8 Å². The van der Waals surface area contributed by atoms with Crippen LogP contribution in [0.2, 0.25) is 0 Å².